The Kier molecular flexibility index (Phi) is 9.27. The maximum Gasteiger partial charge on any atom is 0.192 e. The Morgan fingerprint density at radius 1 is 1.19 bits per heavy atom. The number of rotatable bonds is 10. The molecule has 5 atom stereocenters. The minimum Gasteiger partial charge on any atom is -0.408 e. The molecule has 2 rings (SSSR count). The van der Waals surface area contributed by atoms with Crippen LogP contribution in [0.1, 0.15) is 52.7 Å². The van der Waals surface area contributed by atoms with Crippen molar-refractivity contribution < 1.29 is 28.5 Å². The number of aliphatic hydroxyl groups excluding tert-OH is 1. The third-order valence-electron chi connectivity index (χ3n) is 6.31. The maximum absolute atomic E-state index is 11.0. The molecule has 0 radical (unpaired) electrons. The standard InChI is InChI=1S/C25H42O6Si/c1-10-14-19(26)21(28-17-27-7)22-23(31-32(8,9)24(2,3)4)20(29-25(5,6)30-22)18-15-12-11-13-16-18/h10-13,15-16,19-23,26H,1,14,17H2,2-9H3/t19-,20-,21+,22-,23-/m1/s1. The van der Waals surface area contributed by atoms with E-state index in [1.165, 1.54) is 0 Å². The molecule has 0 saturated carbocycles. The zero-order valence-corrected chi connectivity index (χ0v) is 22.0. The molecule has 1 fully saturated rings. The van der Waals surface area contributed by atoms with E-state index in [2.05, 4.69) is 40.4 Å². The Morgan fingerprint density at radius 2 is 1.81 bits per heavy atom. The van der Waals surface area contributed by atoms with Crippen molar-refractivity contribution in [2.75, 3.05) is 13.9 Å². The molecule has 0 spiro atoms. The van der Waals surface area contributed by atoms with Crippen LogP contribution in [0.25, 0.3) is 0 Å². The molecule has 182 valence electrons. The zero-order chi connectivity index (χ0) is 24.2. The molecule has 1 heterocycles. The lowest BCUT2D eigenvalue weighted by molar-refractivity contribution is -0.354. The Hall–Kier alpha value is -1.06. The number of methoxy groups -OCH3 is 1. The van der Waals surface area contributed by atoms with Gasteiger partial charge in [0.2, 0.25) is 0 Å². The molecule has 1 aromatic carbocycles. The molecule has 0 aromatic heterocycles. The van der Waals surface area contributed by atoms with E-state index in [4.69, 9.17) is 23.4 Å². The highest BCUT2D eigenvalue weighted by Crippen LogP contribution is 2.45. The summed E-state index contributed by atoms with van der Waals surface area (Å²) in [7, 11) is -0.676. The van der Waals surface area contributed by atoms with Gasteiger partial charge >= 0.3 is 0 Å². The molecule has 1 aromatic rings. The Balaban J connectivity index is 2.57. The zero-order valence-electron chi connectivity index (χ0n) is 21.0. The first-order valence-electron chi connectivity index (χ1n) is 11.3. The van der Waals surface area contributed by atoms with Crippen molar-refractivity contribution in [3.63, 3.8) is 0 Å². The molecule has 32 heavy (non-hydrogen) atoms. The van der Waals surface area contributed by atoms with Crippen molar-refractivity contribution in [2.45, 2.75) is 95.5 Å². The van der Waals surface area contributed by atoms with Crippen LogP contribution in [0.4, 0.5) is 0 Å². The molecular weight excluding hydrogens is 424 g/mol. The van der Waals surface area contributed by atoms with Gasteiger partial charge in [-0.05, 0) is 44.0 Å². The fraction of sp³-hybridized carbons (Fsp3) is 0.680. The first-order chi connectivity index (χ1) is 14.8. The monoisotopic (exact) mass is 466 g/mol. The van der Waals surface area contributed by atoms with E-state index >= 15 is 0 Å². The van der Waals surface area contributed by atoms with Crippen molar-refractivity contribution >= 4 is 8.32 Å². The summed E-state index contributed by atoms with van der Waals surface area (Å²) in [5.74, 6) is -0.902. The van der Waals surface area contributed by atoms with Crippen LogP contribution in [0, 0.1) is 0 Å². The highest BCUT2D eigenvalue weighted by molar-refractivity contribution is 6.74. The molecular formula is C25H42O6Si. The number of hydrogen-bond donors (Lipinski definition) is 1. The average molecular weight is 467 g/mol. The minimum absolute atomic E-state index is 0.0195. The summed E-state index contributed by atoms with van der Waals surface area (Å²) < 4.78 is 31.0. The van der Waals surface area contributed by atoms with Crippen molar-refractivity contribution in [1.82, 2.24) is 0 Å². The largest absolute Gasteiger partial charge is 0.408 e. The third-order valence-corrected chi connectivity index (χ3v) is 10.8. The van der Waals surface area contributed by atoms with Crippen LogP contribution in [-0.4, -0.2) is 57.5 Å². The Morgan fingerprint density at radius 3 is 2.34 bits per heavy atom. The normalized spacial score (nSPS) is 25.8. The quantitative estimate of drug-likeness (QED) is 0.291. The SMILES string of the molecule is C=CC[C@@H](O)[C@H](OCOC)[C@H]1OC(C)(C)O[C@H](c2ccccc2)[C@H]1O[Si](C)(C)C(C)(C)C. The van der Waals surface area contributed by atoms with E-state index in [9.17, 15) is 5.11 Å². The van der Waals surface area contributed by atoms with E-state index in [-0.39, 0.29) is 17.9 Å². The number of hydrogen-bond acceptors (Lipinski definition) is 6. The smallest absolute Gasteiger partial charge is 0.192 e. The summed E-state index contributed by atoms with van der Waals surface area (Å²) in [4.78, 5) is 0. The molecule has 0 bridgehead atoms. The van der Waals surface area contributed by atoms with Crippen LogP contribution < -0.4 is 0 Å². The number of ether oxygens (including phenoxy) is 4. The lowest BCUT2D eigenvalue weighted by atomic mass is 9.92. The third kappa shape index (κ3) is 6.73. The first kappa shape index (κ1) is 27.2. The van der Waals surface area contributed by atoms with Crippen molar-refractivity contribution in [2.24, 2.45) is 0 Å². The predicted molar refractivity (Wildman–Crippen MR) is 129 cm³/mol. The summed E-state index contributed by atoms with van der Waals surface area (Å²) in [6, 6.07) is 10.0. The van der Waals surface area contributed by atoms with Gasteiger partial charge in [-0.15, -0.1) is 6.58 Å². The number of benzene rings is 1. The summed E-state index contributed by atoms with van der Waals surface area (Å²) in [6.07, 6.45) is -0.922. The fourth-order valence-electron chi connectivity index (χ4n) is 3.64. The van der Waals surface area contributed by atoms with Gasteiger partial charge in [-0.1, -0.05) is 57.2 Å². The molecule has 1 aliphatic rings. The lowest BCUT2D eigenvalue weighted by Gasteiger charge is -2.52. The second-order valence-electron chi connectivity index (χ2n) is 10.4. The van der Waals surface area contributed by atoms with E-state index in [1.54, 1.807) is 13.2 Å². The summed E-state index contributed by atoms with van der Waals surface area (Å²) in [5, 5.41) is 11.0. The van der Waals surface area contributed by atoms with Gasteiger partial charge in [0.25, 0.3) is 0 Å². The van der Waals surface area contributed by atoms with Gasteiger partial charge in [0.05, 0.1) is 6.10 Å². The number of aliphatic hydroxyl groups is 1. The van der Waals surface area contributed by atoms with Gasteiger partial charge in [0, 0.05) is 7.11 Å². The van der Waals surface area contributed by atoms with Crippen LogP contribution in [0.5, 0.6) is 0 Å². The molecule has 0 aliphatic carbocycles. The van der Waals surface area contributed by atoms with E-state index in [1.807, 2.05) is 44.2 Å². The molecule has 0 amide bonds. The van der Waals surface area contributed by atoms with Gasteiger partial charge in [0.1, 0.15) is 31.2 Å². The van der Waals surface area contributed by atoms with Gasteiger partial charge in [-0.2, -0.15) is 0 Å². The van der Waals surface area contributed by atoms with Crippen LogP contribution in [0.15, 0.2) is 43.0 Å². The molecule has 1 N–H and O–H groups in total. The molecule has 1 aliphatic heterocycles. The topological polar surface area (TPSA) is 66.4 Å². The molecule has 7 heteroatoms. The summed E-state index contributed by atoms with van der Waals surface area (Å²) in [5.41, 5.74) is 1.00. The fourth-order valence-corrected chi connectivity index (χ4v) is 4.94. The Labute approximate surface area is 195 Å². The Bertz CT molecular complexity index is 715. The van der Waals surface area contributed by atoms with Gasteiger partial charge in [-0.25, -0.2) is 0 Å². The predicted octanol–water partition coefficient (Wildman–Crippen LogP) is 5.20. The van der Waals surface area contributed by atoms with Crippen LogP contribution in [0.3, 0.4) is 0 Å². The second-order valence-corrected chi connectivity index (χ2v) is 15.2. The van der Waals surface area contributed by atoms with Gasteiger partial charge in [0.15, 0.2) is 14.1 Å². The van der Waals surface area contributed by atoms with Crippen molar-refractivity contribution in [1.29, 1.82) is 0 Å². The van der Waals surface area contributed by atoms with E-state index < -0.39 is 38.5 Å². The summed E-state index contributed by atoms with van der Waals surface area (Å²) >= 11 is 0. The van der Waals surface area contributed by atoms with E-state index in [0.717, 1.165) is 5.56 Å². The average Bonchev–Trinajstić information content (AvgIpc) is 2.69. The first-order valence-corrected chi connectivity index (χ1v) is 14.2. The second kappa shape index (κ2) is 10.9. The van der Waals surface area contributed by atoms with Crippen LogP contribution in [0.2, 0.25) is 18.1 Å². The van der Waals surface area contributed by atoms with Gasteiger partial charge < -0.3 is 28.5 Å². The lowest BCUT2D eigenvalue weighted by Crippen LogP contribution is -2.61. The highest BCUT2D eigenvalue weighted by Gasteiger charge is 2.52. The molecule has 0 unspecified atom stereocenters. The highest BCUT2D eigenvalue weighted by atomic mass is 28.4. The van der Waals surface area contributed by atoms with E-state index in [0.29, 0.717) is 6.42 Å². The van der Waals surface area contributed by atoms with Crippen molar-refractivity contribution in [3.8, 4) is 0 Å². The van der Waals surface area contributed by atoms with Crippen molar-refractivity contribution in [3.05, 3.63) is 48.6 Å². The van der Waals surface area contributed by atoms with Crippen LogP contribution in [-0.2, 0) is 23.4 Å². The molecule has 6 nitrogen and oxygen atoms in total. The minimum atomic E-state index is -2.23. The van der Waals surface area contributed by atoms with Gasteiger partial charge in [-0.3, -0.25) is 0 Å². The van der Waals surface area contributed by atoms with Crippen LogP contribution >= 0.6 is 0 Å². The maximum atomic E-state index is 11.0. The summed E-state index contributed by atoms with van der Waals surface area (Å²) in [6.45, 7) is 18.6. The molecule has 1 saturated heterocycles.